The van der Waals surface area contributed by atoms with Crippen LogP contribution in [0.25, 0.3) is 0 Å². The summed E-state index contributed by atoms with van der Waals surface area (Å²) in [5, 5.41) is 3.06. The molecule has 0 radical (unpaired) electrons. The number of piperidine rings is 1. The van der Waals surface area contributed by atoms with E-state index < -0.39 is 0 Å². The summed E-state index contributed by atoms with van der Waals surface area (Å²) in [5.74, 6) is 0.0394. The number of amides is 1. The number of rotatable bonds is 5. The SMILES string of the molecule is CCN1CCCCC1CNC(=O)[C@@H]1CC[C@H](CN)O1.Cl.Cl. The minimum absolute atomic E-state index is 0. The lowest BCUT2D eigenvalue weighted by Crippen LogP contribution is -2.48. The first kappa shape index (κ1) is 20.9. The Balaban J connectivity index is 0.00000200. The van der Waals surface area contributed by atoms with Crippen LogP contribution in [0.4, 0.5) is 0 Å². The van der Waals surface area contributed by atoms with Crippen molar-refractivity contribution in [2.45, 2.75) is 57.3 Å². The number of hydrogen-bond acceptors (Lipinski definition) is 4. The van der Waals surface area contributed by atoms with Crippen LogP contribution in [0.5, 0.6) is 0 Å². The lowest BCUT2D eigenvalue weighted by Gasteiger charge is -2.35. The Kier molecular flexibility index (Phi) is 10.6. The van der Waals surface area contributed by atoms with Crippen molar-refractivity contribution < 1.29 is 9.53 Å². The fourth-order valence-corrected chi connectivity index (χ4v) is 3.11. The van der Waals surface area contributed by atoms with E-state index in [2.05, 4.69) is 17.1 Å². The molecule has 2 saturated heterocycles. The van der Waals surface area contributed by atoms with E-state index in [0.717, 1.165) is 32.5 Å². The van der Waals surface area contributed by atoms with E-state index in [-0.39, 0.29) is 42.9 Å². The highest BCUT2D eigenvalue weighted by molar-refractivity contribution is 5.85. The van der Waals surface area contributed by atoms with E-state index in [4.69, 9.17) is 10.5 Å². The van der Waals surface area contributed by atoms with Gasteiger partial charge in [0.05, 0.1) is 6.10 Å². The van der Waals surface area contributed by atoms with Crippen LogP contribution in [0.15, 0.2) is 0 Å². The molecule has 2 rings (SSSR count). The van der Waals surface area contributed by atoms with Crippen LogP contribution >= 0.6 is 24.8 Å². The maximum Gasteiger partial charge on any atom is 0.249 e. The molecular weight excluding hydrogens is 313 g/mol. The molecule has 0 saturated carbocycles. The largest absolute Gasteiger partial charge is 0.364 e. The number of likely N-dealkylation sites (N-methyl/N-ethyl adjacent to an activating group) is 1. The second-order valence-corrected chi connectivity index (χ2v) is 5.58. The monoisotopic (exact) mass is 341 g/mol. The summed E-state index contributed by atoms with van der Waals surface area (Å²) in [6.45, 7) is 5.67. The summed E-state index contributed by atoms with van der Waals surface area (Å²) < 4.78 is 5.61. The van der Waals surface area contributed by atoms with Gasteiger partial charge in [0.25, 0.3) is 0 Å². The number of likely N-dealkylation sites (tertiary alicyclic amines) is 1. The Morgan fingerprint density at radius 1 is 1.29 bits per heavy atom. The van der Waals surface area contributed by atoms with Crippen LogP contribution in [0, 0.1) is 0 Å². The Labute approximate surface area is 140 Å². The molecule has 0 spiro atoms. The molecule has 1 amide bonds. The van der Waals surface area contributed by atoms with Gasteiger partial charge in [0, 0.05) is 19.1 Å². The Morgan fingerprint density at radius 3 is 2.67 bits per heavy atom. The lowest BCUT2D eigenvalue weighted by molar-refractivity contribution is -0.132. The molecule has 3 atom stereocenters. The van der Waals surface area contributed by atoms with Gasteiger partial charge in [-0.15, -0.1) is 24.8 Å². The van der Waals surface area contributed by atoms with Crippen molar-refractivity contribution in [3.8, 4) is 0 Å². The maximum atomic E-state index is 12.0. The summed E-state index contributed by atoms with van der Waals surface area (Å²) in [4.78, 5) is 14.5. The van der Waals surface area contributed by atoms with Crippen LogP contribution in [0.1, 0.15) is 39.0 Å². The molecule has 0 aliphatic carbocycles. The topological polar surface area (TPSA) is 67.6 Å². The molecule has 7 heteroatoms. The van der Waals surface area contributed by atoms with Crippen LogP contribution < -0.4 is 11.1 Å². The standard InChI is InChI=1S/C14H27N3O2.2ClH/c1-2-17-8-4-3-5-11(17)10-16-14(18)13-7-6-12(9-15)19-13;;/h11-13H,2-10,15H2,1H3,(H,16,18);2*1H/t11?,12-,13+;;/m1../s1. The average molecular weight is 342 g/mol. The van der Waals surface area contributed by atoms with Crippen molar-refractivity contribution >= 4 is 30.7 Å². The highest BCUT2D eigenvalue weighted by atomic mass is 35.5. The predicted octanol–water partition coefficient (Wildman–Crippen LogP) is 1.33. The smallest absolute Gasteiger partial charge is 0.249 e. The van der Waals surface area contributed by atoms with Crippen molar-refractivity contribution in [1.29, 1.82) is 0 Å². The van der Waals surface area contributed by atoms with Gasteiger partial charge in [0.15, 0.2) is 0 Å². The van der Waals surface area contributed by atoms with Crippen molar-refractivity contribution in [2.75, 3.05) is 26.2 Å². The zero-order chi connectivity index (χ0) is 13.7. The second-order valence-electron chi connectivity index (χ2n) is 5.58. The summed E-state index contributed by atoms with van der Waals surface area (Å²) in [5.41, 5.74) is 5.56. The summed E-state index contributed by atoms with van der Waals surface area (Å²) in [7, 11) is 0. The van der Waals surface area contributed by atoms with Crippen molar-refractivity contribution in [1.82, 2.24) is 10.2 Å². The van der Waals surface area contributed by atoms with Gasteiger partial charge in [-0.1, -0.05) is 13.3 Å². The van der Waals surface area contributed by atoms with Gasteiger partial charge in [-0.25, -0.2) is 0 Å². The minimum Gasteiger partial charge on any atom is -0.364 e. The van der Waals surface area contributed by atoms with Crippen LogP contribution in [0.3, 0.4) is 0 Å². The van der Waals surface area contributed by atoms with Gasteiger partial charge >= 0.3 is 0 Å². The first-order valence-corrected chi connectivity index (χ1v) is 7.62. The van der Waals surface area contributed by atoms with Crippen LogP contribution in [-0.2, 0) is 9.53 Å². The van der Waals surface area contributed by atoms with Gasteiger partial charge in [0.2, 0.25) is 5.91 Å². The first-order chi connectivity index (χ1) is 9.24. The van der Waals surface area contributed by atoms with Gasteiger partial charge < -0.3 is 15.8 Å². The highest BCUT2D eigenvalue weighted by Gasteiger charge is 2.30. The van der Waals surface area contributed by atoms with Crippen molar-refractivity contribution in [2.24, 2.45) is 5.73 Å². The van der Waals surface area contributed by atoms with E-state index in [1.54, 1.807) is 0 Å². The van der Waals surface area contributed by atoms with Gasteiger partial charge in [0.1, 0.15) is 6.10 Å². The van der Waals surface area contributed by atoms with Crippen LogP contribution in [-0.4, -0.2) is 55.2 Å². The molecule has 3 N–H and O–H groups in total. The molecule has 2 fully saturated rings. The number of halogens is 2. The van der Waals surface area contributed by atoms with E-state index in [0.29, 0.717) is 12.6 Å². The van der Waals surface area contributed by atoms with E-state index in [1.165, 1.54) is 19.3 Å². The first-order valence-electron chi connectivity index (χ1n) is 7.62. The third-order valence-electron chi connectivity index (χ3n) is 4.33. The van der Waals surface area contributed by atoms with Gasteiger partial charge in [-0.05, 0) is 38.8 Å². The molecule has 2 heterocycles. The molecule has 0 bridgehead atoms. The van der Waals surface area contributed by atoms with Gasteiger partial charge in [-0.2, -0.15) is 0 Å². The molecule has 126 valence electrons. The minimum atomic E-state index is -0.285. The van der Waals surface area contributed by atoms with Crippen molar-refractivity contribution in [3.63, 3.8) is 0 Å². The normalized spacial score (nSPS) is 29.3. The van der Waals surface area contributed by atoms with Crippen molar-refractivity contribution in [3.05, 3.63) is 0 Å². The van der Waals surface area contributed by atoms with Crippen LogP contribution in [0.2, 0.25) is 0 Å². The molecule has 21 heavy (non-hydrogen) atoms. The molecule has 5 nitrogen and oxygen atoms in total. The fourth-order valence-electron chi connectivity index (χ4n) is 3.11. The Morgan fingerprint density at radius 2 is 2.05 bits per heavy atom. The molecule has 0 aromatic carbocycles. The predicted molar refractivity (Wildman–Crippen MR) is 89.3 cm³/mol. The Hall–Kier alpha value is -0.0700. The average Bonchev–Trinajstić information content (AvgIpc) is 2.94. The van der Waals surface area contributed by atoms with Gasteiger partial charge in [-0.3, -0.25) is 9.69 Å². The third-order valence-corrected chi connectivity index (χ3v) is 4.33. The molecular formula is C14H29Cl2N3O2. The fraction of sp³-hybridized carbons (Fsp3) is 0.929. The molecule has 2 aliphatic rings. The molecule has 0 aromatic heterocycles. The zero-order valence-corrected chi connectivity index (χ0v) is 14.4. The second kappa shape index (κ2) is 10.6. The number of carbonyl (C=O) groups is 1. The molecule has 2 aliphatic heterocycles. The summed E-state index contributed by atoms with van der Waals surface area (Å²) >= 11 is 0. The Bertz CT molecular complexity index is 308. The molecule has 1 unspecified atom stereocenters. The highest BCUT2D eigenvalue weighted by Crippen LogP contribution is 2.19. The maximum absolute atomic E-state index is 12.0. The zero-order valence-electron chi connectivity index (χ0n) is 12.8. The number of nitrogens with zero attached hydrogens (tertiary/aromatic N) is 1. The third kappa shape index (κ3) is 5.91. The van der Waals surface area contributed by atoms with E-state index in [9.17, 15) is 4.79 Å². The number of ether oxygens (including phenoxy) is 1. The summed E-state index contributed by atoms with van der Waals surface area (Å²) in [6.07, 6.45) is 5.22. The number of hydrogen-bond donors (Lipinski definition) is 2. The quantitative estimate of drug-likeness (QED) is 0.791. The van der Waals surface area contributed by atoms with E-state index >= 15 is 0 Å². The van der Waals surface area contributed by atoms with E-state index in [1.807, 2.05) is 0 Å². The molecule has 0 aromatic rings. The number of nitrogens with one attached hydrogen (secondary N) is 1. The number of carbonyl (C=O) groups excluding carboxylic acids is 1. The lowest BCUT2D eigenvalue weighted by atomic mass is 10.0. The summed E-state index contributed by atoms with van der Waals surface area (Å²) in [6, 6.07) is 0.495. The number of nitrogens with two attached hydrogens (primary N) is 1.